The Bertz CT molecular complexity index is 627. The Morgan fingerprint density at radius 3 is 2.90 bits per heavy atom. The van der Waals surface area contributed by atoms with Crippen molar-refractivity contribution in [3.05, 3.63) is 55.1 Å². The zero-order valence-corrected chi connectivity index (χ0v) is 14.7. The second-order valence-corrected chi connectivity index (χ2v) is 7.55. The quantitative estimate of drug-likeness (QED) is 0.656. The Balaban J connectivity index is 1.91. The average Bonchev–Trinajstić information content (AvgIpc) is 3.10. The Morgan fingerprint density at radius 1 is 1.30 bits per heavy atom. The first kappa shape index (κ1) is 14.3. The topological polar surface area (TPSA) is 20.3 Å². The third-order valence-corrected chi connectivity index (χ3v) is 5.70. The van der Waals surface area contributed by atoms with Crippen LogP contribution in [0.25, 0.3) is 0 Å². The van der Waals surface area contributed by atoms with Gasteiger partial charge in [0.25, 0.3) is 5.91 Å². The first-order valence-corrected chi connectivity index (χ1v) is 8.93. The van der Waals surface area contributed by atoms with Gasteiger partial charge in [0.2, 0.25) is 0 Å². The van der Waals surface area contributed by atoms with E-state index in [-0.39, 0.29) is 11.9 Å². The molecule has 0 saturated carbocycles. The molecule has 1 unspecified atom stereocenters. The van der Waals surface area contributed by atoms with Crippen molar-refractivity contribution in [3.63, 3.8) is 0 Å². The predicted molar refractivity (Wildman–Crippen MR) is 89.2 cm³/mol. The van der Waals surface area contributed by atoms with Crippen LogP contribution in [0.1, 0.15) is 34.1 Å². The van der Waals surface area contributed by atoms with E-state index in [4.69, 9.17) is 0 Å². The van der Waals surface area contributed by atoms with E-state index in [0.717, 1.165) is 33.9 Å². The zero-order chi connectivity index (χ0) is 14.1. The fourth-order valence-corrected chi connectivity index (χ4v) is 4.25. The smallest absolute Gasteiger partial charge is 0.255 e. The lowest BCUT2D eigenvalue weighted by Crippen LogP contribution is -2.30. The summed E-state index contributed by atoms with van der Waals surface area (Å²) in [5.74, 6) is 0.106. The predicted octanol–water partition coefficient (Wildman–Crippen LogP) is 5.25. The van der Waals surface area contributed by atoms with Gasteiger partial charge in [-0.1, -0.05) is 22.0 Å². The number of nitrogens with zero attached hydrogens (tertiary/aromatic N) is 1. The van der Waals surface area contributed by atoms with Crippen LogP contribution < -0.4 is 0 Å². The van der Waals surface area contributed by atoms with Gasteiger partial charge in [-0.15, -0.1) is 11.3 Å². The minimum atomic E-state index is 0.106. The highest BCUT2D eigenvalue weighted by atomic mass is 79.9. The number of carbonyl (C=O) groups excluding carboxylic acids is 1. The van der Waals surface area contributed by atoms with Gasteiger partial charge in [-0.3, -0.25) is 4.79 Å². The summed E-state index contributed by atoms with van der Waals surface area (Å²) in [5, 5.41) is 2.07. The van der Waals surface area contributed by atoms with Gasteiger partial charge in [0.15, 0.2) is 0 Å². The van der Waals surface area contributed by atoms with Crippen molar-refractivity contribution in [2.75, 3.05) is 6.54 Å². The molecule has 20 heavy (non-hydrogen) atoms. The number of hydrogen-bond acceptors (Lipinski definition) is 2. The summed E-state index contributed by atoms with van der Waals surface area (Å²) in [6.45, 7) is 0.834. The third kappa shape index (κ3) is 2.71. The summed E-state index contributed by atoms with van der Waals surface area (Å²) in [6, 6.07) is 10.1. The molecule has 1 aliphatic rings. The molecule has 0 bridgehead atoms. The van der Waals surface area contributed by atoms with Crippen LogP contribution in [0.2, 0.25) is 0 Å². The molecule has 104 valence electrons. The van der Waals surface area contributed by atoms with Gasteiger partial charge in [-0.25, -0.2) is 0 Å². The molecule has 1 fully saturated rings. The molecule has 0 N–H and O–H groups in total. The van der Waals surface area contributed by atoms with Crippen molar-refractivity contribution >= 4 is 49.1 Å². The number of carbonyl (C=O) groups is 1. The molecule has 1 aliphatic heterocycles. The van der Waals surface area contributed by atoms with Gasteiger partial charge >= 0.3 is 0 Å². The van der Waals surface area contributed by atoms with E-state index < -0.39 is 0 Å². The maximum atomic E-state index is 12.8. The number of halogens is 2. The molecule has 0 radical (unpaired) electrons. The number of hydrogen-bond donors (Lipinski definition) is 0. The number of benzene rings is 1. The average molecular weight is 415 g/mol. The largest absolute Gasteiger partial charge is 0.331 e. The molecule has 1 atom stereocenters. The zero-order valence-electron chi connectivity index (χ0n) is 10.7. The third-order valence-electron chi connectivity index (χ3n) is 3.54. The normalized spacial score (nSPS) is 18.5. The van der Waals surface area contributed by atoms with E-state index >= 15 is 0 Å². The fourth-order valence-electron chi connectivity index (χ4n) is 2.60. The van der Waals surface area contributed by atoms with Crippen LogP contribution in [0.4, 0.5) is 0 Å². The summed E-state index contributed by atoms with van der Waals surface area (Å²) in [7, 11) is 0. The summed E-state index contributed by atoms with van der Waals surface area (Å²) in [6.07, 6.45) is 2.12. The summed E-state index contributed by atoms with van der Waals surface area (Å²) >= 11 is 8.65. The second kappa shape index (κ2) is 6.00. The van der Waals surface area contributed by atoms with Crippen LogP contribution >= 0.6 is 43.2 Å². The molecule has 5 heteroatoms. The number of thiophene rings is 1. The molecule has 2 heterocycles. The lowest BCUT2D eigenvalue weighted by atomic mass is 10.1. The van der Waals surface area contributed by atoms with Crippen LogP contribution in [-0.2, 0) is 0 Å². The Labute approximate surface area is 139 Å². The van der Waals surface area contributed by atoms with Gasteiger partial charge < -0.3 is 4.90 Å². The highest BCUT2D eigenvalue weighted by molar-refractivity contribution is 9.11. The lowest BCUT2D eigenvalue weighted by Gasteiger charge is -2.24. The molecule has 1 saturated heterocycles. The molecule has 2 aromatic rings. The van der Waals surface area contributed by atoms with Gasteiger partial charge in [-0.05, 0) is 58.4 Å². The first-order chi connectivity index (χ1) is 9.66. The number of rotatable bonds is 2. The van der Waals surface area contributed by atoms with E-state index in [1.165, 1.54) is 4.88 Å². The van der Waals surface area contributed by atoms with Gasteiger partial charge in [-0.2, -0.15) is 0 Å². The number of likely N-dealkylation sites (tertiary alicyclic amines) is 1. The fraction of sp³-hybridized carbons (Fsp3) is 0.267. The minimum absolute atomic E-state index is 0.106. The van der Waals surface area contributed by atoms with Crippen molar-refractivity contribution < 1.29 is 4.79 Å². The van der Waals surface area contributed by atoms with Crippen molar-refractivity contribution in [2.24, 2.45) is 0 Å². The van der Waals surface area contributed by atoms with E-state index in [9.17, 15) is 4.79 Å². The molecule has 1 aromatic carbocycles. The molecule has 2 nitrogen and oxygen atoms in total. The molecule has 0 spiro atoms. The van der Waals surface area contributed by atoms with E-state index in [0.29, 0.717) is 0 Å². The maximum absolute atomic E-state index is 12.8. The monoisotopic (exact) mass is 413 g/mol. The van der Waals surface area contributed by atoms with Crippen LogP contribution in [0.3, 0.4) is 0 Å². The van der Waals surface area contributed by atoms with Gasteiger partial charge in [0, 0.05) is 20.4 Å². The SMILES string of the molecule is O=C(c1cc(Br)ccc1Br)N1CCCC1c1cccs1. The van der Waals surface area contributed by atoms with E-state index in [2.05, 4.69) is 49.4 Å². The van der Waals surface area contributed by atoms with Crippen LogP contribution in [0.5, 0.6) is 0 Å². The standard InChI is InChI=1S/C15H13Br2NOS/c16-10-5-6-12(17)11(9-10)15(19)18-7-1-3-13(18)14-4-2-8-20-14/h2,4-6,8-9,13H,1,3,7H2. The lowest BCUT2D eigenvalue weighted by molar-refractivity contribution is 0.0737. The summed E-state index contributed by atoms with van der Waals surface area (Å²) in [4.78, 5) is 16.1. The van der Waals surface area contributed by atoms with Crippen molar-refractivity contribution in [2.45, 2.75) is 18.9 Å². The Morgan fingerprint density at radius 2 is 2.15 bits per heavy atom. The second-order valence-electron chi connectivity index (χ2n) is 4.80. The van der Waals surface area contributed by atoms with E-state index in [1.54, 1.807) is 11.3 Å². The highest BCUT2D eigenvalue weighted by Crippen LogP contribution is 2.36. The Kier molecular flexibility index (Phi) is 4.29. The first-order valence-electron chi connectivity index (χ1n) is 6.46. The van der Waals surface area contributed by atoms with E-state index in [1.807, 2.05) is 23.1 Å². The summed E-state index contributed by atoms with van der Waals surface area (Å²) < 4.78 is 1.78. The molecule has 3 rings (SSSR count). The van der Waals surface area contributed by atoms with Crippen molar-refractivity contribution in [3.8, 4) is 0 Å². The number of amides is 1. The van der Waals surface area contributed by atoms with Crippen LogP contribution in [-0.4, -0.2) is 17.4 Å². The van der Waals surface area contributed by atoms with Crippen molar-refractivity contribution in [1.29, 1.82) is 0 Å². The molecule has 0 aliphatic carbocycles. The molecule has 1 aromatic heterocycles. The highest BCUT2D eigenvalue weighted by Gasteiger charge is 2.31. The minimum Gasteiger partial charge on any atom is -0.331 e. The van der Waals surface area contributed by atoms with Crippen LogP contribution in [0.15, 0.2) is 44.7 Å². The maximum Gasteiger partial charge on any atom is 0.255 e. The molecular formula is C15H13Br2NOS. The van der Waals surface area contributed by atoms with Gasteiger partial charge in [0.05, 0.1) is 11.6 Å². The van der Waals surface area contributed by atoms with Crippen LogP contribution in [0, 0.1) is 0 Å². The van der Waals surface area contributed by atoms with Crippen molar-refractivity contribution in [1.82, 2.24) is 4.90 Å². The molecular weight excluding hydrogens is 402 g/mol. The Hall–Kier alpha value is -0.650. The molecule has 1 amide bonds. The summed E-state index contributed by atoms with van der Waals surface area (Å²) in [5.41, 5.74) is 0.725. The van der Waals surface area contributed by atoms with Gasteiger partial charge in [0.1, 0.15) is 0 Å².